The van der Waals surface area contributed by atoms with Crippen molar-refractivity contribution in [3.63, 3.8) is 0 Å². The molecule has 0 aromatic carbocycles. The number of nitrogens with one attached hydrogen (secondary N) is 1. The van der Waals surface area contributed by atoms with Gasteiger partial charge < -0.3 is 15.8 Å². The molecule has 1 aromatic heterocycles. The third kappa shape index (κ3) is 2.11. The molecule has 1 unspecified atom stereocenters. The number of nitrogens with two attached hydrogens (primary N) is 1. The van der Waals surface area contributed by atoms with Gasteiger partial charge in [-0.3, -0.25) is 0 Å². The van der Waals surface area contributed by atoms with Crippen molar-refractivity contribution in [1.82, 2.24) is 10.3 Å². The highest BCUT2D eigenvalue weighted by Gasteiger charge is 2.18. The molecule has 0 amide bonds. The fourth-order valence-electron chi connectivity index (χ4n) is 2.01. The standard InChI is InChI=1S/C11H17N3O/c1-15-11-9(5-12)4-10(7-14-11)8-2-3-13-6-8/h4,7-8,13H,2-3,5-6,12H2,1H3. The summed E-state index contributed by atoms with van der Waals surface area (Å²) >= 11 is 0. The van der Waals surface area contributed by atoms with Gasteiger partial charge in [0.25, 0.3) is 0 Å². The molecule has 2 heterocycles. The van der Waals surface area contributed by atoms with Crippen LogP contribution in [0.2, 0.25) is 0 Å². The van der Waals surface area contributed by atoms with Gasteiger partial charge in [0.05, 0.1) is 7.11 Å². The molecule has 1 aliphatic rings. The molecule has 0 bridgehead atoms. The Bertz CT molecular complexity index is 335. The summed E-state index contributed by atoms with van der Waals surface area (Å²) in [4.78, 5) is 4.28. The van der Waals surface area contributed by atoms with Gasteiger partial charge in [0.2, 0.25) is 5.88 Å². The van der Waals surface area contributed by atoms with E-state index in [1.165, 1.54) is 12.0 Å². The number of hydrogen-bond acceptors (Lipinski definition) is 4. The molecule has 1 aliphatic heterocycles. The van der Waals surface area contributed by atoms with Crippen molar-refractivity contribution in [2.45, 2.75) is 18.9 Å². The van der Waals surface area contributed by atoms with Crippen LogP contribution in [-0.2, 0) is 6.54 Å². The van der Waals surface area contributed by atoms with Crippen LogP contribution in [0.1, 0.15) is 23.5 Å². The lowest BCUT2D eigenvalue weighted by Gasteiger charge is -2.11. The van der Waals surface area contributed by atoms with Crippen molar-refractivity contribution in [2.75, 3.05) is 20.2 Å². The van der Waals surface area contributed by atoms with E-state index in [-0.39, 0.29) is 0 Å². The molecule has 2 rings (SSSR count). The monoisotopic (exact) mass is 207 g/mol. The zero-order valence-corrected chi connectivity index (χ0v) is 8.99. The summed E-state index contributed by atoms with van der Waals surface area (Å²) in [6.45, 7) is 2.61. The highest BCUT2D eigenvalue weighted by atomic mass is 16.5. The lowest BCUT2D eigenvalue weighted by atomic mass is 9.99. The van der Waals surface area contributed by atoms with E-state index in [4.69, 9.17) is 10.5 Å². The largest absolute Gasteiger partial charge is 0.481 e. The van der Waals surface area contributed by atoms with E-state index >= 15 is 0 Å². The minimum absolute atomic E-state index is 0.476. The molecule has 0 spiro atoms. The van der Waals surface area contributed by atoms with Gasteiger partial charge >= 0.3 is 0 Å². The summed E-state index contributed by atoms with van der Waals surface area (Å²) in [5.74, 6) is 1.22. The highest BCUT2D eigenvalue weighted by Crippen LogP contribution is 2.25. The maximum absolute atomic E-state index is 5.66. The second-order valence-corrected chi connectivity index (χ2v) is 3.83. The fraction of sp³-hybridized carbons (Fsp3) is 0.545. The summed E-state index contributed by atoms with van der Waals surface area (Å²) in [6.07, 6.45) is 3.08. The summed E-state index contributed by atoms with van der Waals surface area (Å²) in [5.41, 5.74) is 7.91. The number of rotatable bonds is 3. The van der Waals surface area contributed by atoms with Crippen molar-refractivity contribution in [2.24, 2.45) is 5.73 Å². The topological polar surface area (TPSA) is 60.2 Å². The van der Waals surface area contributed by atoms with Crippen LogP contribution in [-0.4, -0.2) is 25.2 Å². The first kappa shape index (κ1) is 10.4. The van der Waals surface area contributed by atoms with Gasteiger partial charge in [0.15, 0.2) is 0 Å². The Morgan fingerprint density at radius 3 is 3.13 bits per heavy atom. The lowest BCUT2D eigenvalue weighted by molar-refractivity contribution is 0.392. The van der Waals surface area contributed by atoms with Crippen LogP contribution in [0.15, 0.2) is 12.3 Å². The normalized spacial score (nSPS) is 20.5. The van der Waals surface area contributed by atoms with E-state index in [1.54, 1.807) is 7.11 Å². The molecular formula is C11H17N3O. The molecule has 1 saturated heterocycles. The van der Waals surface area contributed by atoms with Crippen LogP contribution < -0.4 is 15.8 Å². The summed E-state index contributed by atoms with van der Waals surface area (Å²) in [6, 6.07) is 2.11. The maximum Gasteiger partial charge on any atom is 0.217 e. The SMILES string of the molecule is COc1ncc(C2CCNC2)cc1CN. The predicted octanol–water partition coefficient (Wildman–Crippen LogP) is 0.626. The number of pyridine rings is 1. The minimum atomic E-state index is 0.476. The van der Waals surface area contributed by atoms with Crippen LogP contribution >= 0.6 is 0 Å². The van der Waals surface area contributed by atoms with E-state index in [9.17, 15) is 0 Å². The van der Waals surface area contributed by atoms with Gasteiger partial charge in [-0.2, -0.15) is 0 Å². The smallest absolute Gasteiger partial charge is 0.217 e. The van der Waals surface area contributed by atoms with Crippen molar-refractivity contribution in [1.29, 1.82) is 0 Å². The molecule has 0 radical (unpaired) electrons. The Balaban J connectivity index is 2.25. The molecule has 0 aliphatic carbocycles. The molecule has 4 nitrogen and oxygen atoms in total. The average Bonchev–Trinajstić information content (AvgIpc) is 2.81. The summed E-state index contributed by atoms with van der Waals surface area (Å²) in [5, 5.41) is 3.35. The number of ether oxygens (including phenoxy) is 1. The van der Waals surface area contributed by atoms with E-state index in [0.29, 0.717) is 18.3 Å². The predicted molar refractivity (Wildman–Crippen MR) is 58.9 cm³/mol. The lowest BCUT2D eigenvalue weighted by Crippen LogP contribution is -2.09. The third-order valence-corrected chi connectivity index (χ3v) is 2.89. The fourth-order valence-corrected chi connectivity index (χ4v) is 2.01. The van der Waals surface area contributed by atoms with Gasteiger partial charge in [0, 0.05) is 24.8 Å². The van der Waals surface area contributed by atoms with Crippen molar-refractivity contribution >= 4 is 0 Å². The molecule has 15 heavy (non-hydrogen) atoms. The quantitative estimate of drug-likeness (QED) is 0.763. The molecule has 1 atom stereocenters. The van der Waals surface area contributed by atoms with Gasteiger partial charge in [0.1, 0.15) is 0 Å². The number of nitrogens with zero attached hydrogens (tertiary/aromatic N) is 1. The minimum Gasteiger partial charge on any atom is -0.481 e. The Labute approximate surface area is 89.8 Å². The maximum atomic E-state index is 5.66. The average molecular weight is 207 g/mol. The van der Waals surface area contributed by atoms with Crippen molar-refractivity contribution in [3.05, 3.63) is 23.4 Å². The zero-order chi connectivity index (χ0) is 10.7. The number of hydrogen-bond donors (Lipinski definition) is 2. The summed E-state index contributed by atoms with van der Waals surface area (Å²) in [7, 11) is 1.62. The van der Waals surface area contributed by atoms with Crippen molar-refractivity contribution < 1.29 is 4.74 Å². The molecule has 0 saturated carbocycles. The molecule has 1 aromatic rings. The second kappa shape index (κ2) is 4.59. The Morgan fingerprint density at radius 1 is 1.67 bits per heavy atom. The first-order chi connectivity index (χ1) is 7.35. The number of methoxy groups -OCH3 is 1. The molecule has 82 valence electrons. The van der Waals surface area contributed by atoms with Crippen LogP contribution in [0, 0.1) is 0 Å². The van der Waals surface area contributed by atoms with E-state index in [1.807, 2.05) is 6.20 Å². The highest BCUT2D eigenvalue weighted by molar-refractivity contribution is 5.32. The third-order valence-electron chi connectivity index (χ3n) is 2.89. The molecule has 4 heteroatoms. The van der Waals surface area contributed by atoms with Gasteiger partial charge in [-0.15, -0.1) is 0 Å². The first-order valence-electron chi connectivity index (χ1n) is 5.28. The van der Waals surface area contributed by atoms with Gasteiger partial charge in [-0.1, -0.05) is 0 Å². The zero-order valence-electron chi connectivity index (χ0n) is 8.99. The second-order valence-electron chi connectivity index (χ2n) is 3.83. The van der Waals surface area contributed by atoms with Crippen LogP contribution in [0.25, 0.3) is 0 Å². The van der Waals surface area contributed by atoms with E-state index in [2.05, 4.69) is 16.4 Å². The molecule has 1 fully saturated rings. The van der Waals surface area contributed by atoms with Crippen LogP contribution in [0.3, 0.4) is 0 Å². The Kier molecular flexibility index (Phi) is 3.18. The molecular weight excluding hydrogens is 190 g/mol. The van der Waals surface area contributed by atoms with Crippen molar-refractivity contribution in [3.8, 4) is 5.88 Å². The van der Waals surface area contributed by atoms with Gasteiger partial charge in [-0.25, -0.2) is 4.98 Å². The van der Waals surface area contributed by atoms with E-state index < -0.39 is 0 Å². The van der Waals surface area contributed by atoms with Gasteiger partial charge in [-0.05, 0) is 30.5 Å². The summed E-state index contributed by atoms with van der Waals surface area (Å²) < 4.78 is 5.15. The molecule has 3 N–H and O–H groups in total. The van der Waals surface area contributed by atoms with E-state index in [0.717, 1.165) is 18.7 Å². The number of aromatic nitrogens is 1. The first-order valence-corrected chi connectivity index (χ1v) is 5.28. The van der Waals surface area contributed by atoms with Crippen LogP contribution in [0.5, 0.6) is 5.88 Å². The Hall–Kier alpha value is -1.13. The Morgan fingerprint density at radius 2 is 2.53 bits per heavy atom. The van der Waals surface area contributed by atoms with Crippen LogP contribution in [0.4, 0.5) is 0 Å².